The molecule has 0 aliphatic rings. The lowest BCUT2D eigenvalue weighted by molar-refractivity contribution is -0.111. The Kier molecular flexibility index (Phi) is 8.04. The second-order valence-corrected chi connectivity index (χ2v) is 8.22. The second kappa shape index (κ2) is 10.3. The number of benzene rings is 1. The maximum atomic E-state index is 12.9. The van der Waals surface area contributed by atoms with E-state index in [0.29, 0.717) is 24.5 Å². The average molecular weight is 420 g/mol. The van der Waals surface area contributed by atoms with Crippen molar-refractivity contribution in [1.82, 2.24) is 4.31 Å². The summed E-state index contributed by atoms with van der Waals surface area (Å²) < 4.78 is 32.4. The van der Waals surface area contributed by atoms with Crippen molar-refractivity contribution in [2.24, 2.45) is 0 Å². The van der Waals surface area contributed by atoms with Gasteiger partial charge in [0.1, 0.15) is 5.76 Å². The number of rotatable bonds is 10. The van der Waals surface area contributed by atoms with Crippen LogP contribution in [0.3, 0.4) is 0 Å². The largest absolute Gasteiger partial charge is 0.465 e. The quantitative estimate of drug-likeness (QED) is 0.592. The van der Waals surface area contributed by atoms with Gasteiger partial charge >= 0.3 is 0 Å². The van der Waals surface area contributed by atoms with Gasteiger partial charge in [0, 0.05) is 32.3 Å². The van der Waals surface area contributed by atoms with Gasteiger partial charge in [-0.05, 0) is 50.3 Å². The number of hydrogen-bond acceptors (Lipinski definition) is 5. The summed E-state index contributed by atoms with van der Waals surface area (Å²) in [4.78, 5) is 14.7. The van der Waals surface area contributed by atoms with Gasteiger partial charge < -0.3 is 14.6 Å². The molecule has 2 aromatic rings. The zero-order chi connectivity index (χ0) is 21.4. The van der Waals surface area contributed by atoms with E-state index in [1.807, 2.05) is 13.8 Å². The molecule has 0 unspecified atom stereocenters. The van der Waals surface area contributed by atoms with Gasteiger partial charge in [0.15, 0.2) is 0 Å². The Labute approximate surface area is 173 Å². The van der Waals surface area contributed by atoms with Gasteiger partial charge in [-0.3, -0.25) is 4.79 Å². The van der Waals surface area contributed by atoms with E-state index in [-0.39, 0.29) is 10.8 Å². The molecule has 0 saturated heterocycles. The summed E-state index contributed by atoms with van der Waals surface area (Å²) in [5, 5.41) is 2.82. The Morgan fingerprint density at radius 2 is 1.76 bits per heavy atom. The molecule has 2 rings (SSSR count). The van der Waals surface area contributed by atoms with Gasteiger partial charge in [-0.1, -0.05) is 13.8 Å². The van der Waals surface area contributed by atoms with Crippen molar-refractivity contribution in [2.75, 3.05) is 36.4 Å². The molecule has 1 amide bonds. The molecular weight excluding hydrogens is 390 g/mol. The number of carbonyl (C=O) groups is 1. The average Bonchev–Trinajstić information content (AvgIpc) is 3.22. The van der Waals surface area contributed by atoms with Crippen LogP contribution in [-0.2, 0) is 14.8 Å². The number of hydrogen-bond donors (Lipinski definition) is 1. The highest BCUT2D eigenvalue weighted by Gasteiger charge is 2.23. The Morgan fingerprint density at radius 1 is 1.07 bits per heavy atom. The maximum absolute atomic E-state index is 12.9. The Morgan fingerprint density at radius 3 is 2.31 bits per heavy atom. The van der Waals surface area contributed by atoms with Crippen molar-refractivity contribution in [1.29, 1.82) is 0 Å². The summed E-state index contributed by atoms with van der Waals surface area (Å²) in [7, 11) is -3.63. The maximum Gasteiger partial charge on any atom is 0.248 e. The minimum absolute atomic E-state index is 0.155. The summed E-state index contributed by atoms with van der Waals surface area (Å²) in [6.07, 6.45) is 4.44. The number of nitrogens with one attached hydrogen (secondary N) is 1. The van der Waals surface area contributed by atoms with Crippen LogP contribution in [-0.4, -0.2) is 44.8 Å². The first-order chi connectivity index (χ1) is 13.9. The van der Waals surface area contributed by atoms with E-state index in [2.05, 4.69) is 10.2 Å². The molecule has 1 heterocycles. The number of furan rings is 1. The van der Waals surface area contributed by atoms with Crippen LogP contribution in [0.5, 0.6) is 0 Å². The van der Waals surface area contributed by atoms with E-state index in [0.717, 1.165) is 18.8 Å². The SMILES string of the molecule is CCN(CC)c1ccc(S(=O)(=O)N(CC)CC)cc1NC(=O)C=Cc1ccco1. The molecule has 0 radical (unpaired) electrons. The first-order valence-corrected chi connectivity index (χ1v) is 11.2. The predicted molar refractivity (Wildman–Crippen MR) is 116 cm³/mol. The standard InChI is InChI=1S/C21H29N3O4S/c1-5-23(6-2)20-13-12-18(29(26,27)24(7-3)8-4)16-19(20)22-21(25)14-11-17-10-9-15-28-17/h9-16H,5-8H2,1-4H3,(H,22,25). The number of amides is 1. The molecule has 0 saturated carbocycles. The first kappa shape index (κ1) is 22.7. The van der Waals surface area contributed by atoms with Crippen LogP contribution >= 0.6 is 0 Å². The topological polar surface area (TPSA) is 82.9 Å². The molecule has 0 fully saturated rings. The summed E-state index contributed by atoms with van der Waals surface area (Å²) in [6.45, 7) is 9.82. The number of nitrogens with zero attached hydrogens (tertiary/aromatic N) is 2. The van der Waals surface area contributed by atoms with E-state index in [1.54, 1.807) is 44.2 Å². The summed E-state index contributed by atoms with van der Waals surface area (Å²) in [5.41, 5.74) is 1.23. The van der Waals surface area contributed by atoms with Crippen molar-refractivity contribution in [3.05, 3.63) is 48.4 Å². The monoisotopic (exact) mass is 419 g/mol. The predicted octanol–water partition coefficient (Wildman–Crippen LogP) is 3.81. The zero-order valence-electron chi connectivity index (χ0n) is 17.4. The van der Waals surface area contributed by atoms with Crippen molar-refractivity contribution in [3.63, 3.8) is 0 Å². The molecule has 0 atom stereocenters. The normalized spacial score (nSPS) is 11.9. The van der Waals surface area contributed by atoms with Gasteiger partial charge in [-0.15, -0.1) is 0 Å². The van der Waals surface area contributed by atoms with E-state index >= 15 is 0 Å². The third-order valence-corrected chi connectivity index (χ3v) is 6.66. The van der Waals surface area contributed by atoms with Crippen LogP contribution in [0.1, 0.15) is 33.5 Å². The third kappa shape index (κ3) is 5.48. The Bertz CT molecular complexity index is 929. The fourth-order valence-corrected chi connectivity index (χ4v) is 4.53. The van der Waals surface area contributed by atoms with Crippen LogP contribution in [0.4, 0.5) is 11.4 Å². The highest BCUT2D eigenvalue weighted by molar-refractivity contribution is 7.89. The summed E-state index contributed by atoms with van der Waals surface area (Å²) in [5.74, 6) is 0.189. The minimum atomic E-state index is -3.63. The number of sulfonamides is 1. The molecular formula is C21H29N3O4S. The summed E-state index contributed by atoms with van der Waals surface area (Å²) in [6, 6.07) is 8.34. The molecule has 7 nitrogen and oxygen atoms in total. The fraction of sp³-hybridized carbons (Fsp3) is 0.381. The second-order valence-electron chi connectivity index (χ2n) is 6.28. The molecule has 0 aliphatic carbocycles. The van der Waals surface area contributed by atoms with E-state index in [1.165, 1.54) is 22.7 Å². The summed E-state index contributed by atoms with van der Waals surface area (Å²) >= 11 is 0. The van der Waals surface area contributed by atoms with Crippen molar-refractivity contribution in [3.8, 4) is 0 Å². The van der Waals surface area contributed by atoms with Gasteiger partial charge in [-0.2, -0.15) is 4.31 Å². The van der Waals surface area contributed by atoms with Crippen LogP contribution in [0.25, 0.3) is 6.08 Å². The van der Waals surface area contributed by atoms with Crippen molar-refractivity contribution in [2.45, 2.75) is 32.6 Å². The van der Waals surface area contributed by atoms with Crippen LogP contribution in [0.15, 0.2) is 52.0 Å². The molecule has 1 aromatic heterocycles. The molecule has 0 spiro atoms. The van der Waals surface area contributed by atoms with Crippen molar-refractivity contribution < 1.29 is 17.6 Å². The van der Waals surface area contributed by atoms with Crippen LogP contribution < -0.4 is 10.2 Å². The zero-order valence-corrected chi connectivity index (χ0v) is 18.2. The lowest BCUT2D eigenvalue weighted by Gasteiger charge is -2.25. The van der Waals surface area contributed by atoms with E-state index < -0.39 is 10.0 Å². The lowest BCUT2D eigenvalue weighted by atomic mass is 10.2. The van der Waals surface area contributed by atoms with Gasteiger partial charge in [-0.25, -0.2) is 8.42 Å². The molecule has 0 bridgehead atoms. The Hall–Kier alpha value is -2.58. The molecule has 29 heavy (non-hydrogen) atoms. The van der Waals surface area contributed by atoms with Crippen LogP contribution in [0, 0.1) is 0 Å². The van der Waals surface area contributed by atoms with E-state index in [4.69, 9.17) is 4.42 Å². The molecule has 0 aliphatic heterocycles. The molecule has 1 aromatic carbocycles. The highest BCUT2D eigenvalue weighted by atomic mass is 32.2. The van der Waals surface area contributed by atoms with Crippen molar-refractivity contribution >= 4 is 33.4 Å². The van der Waals surface area contributed by atoms with Gasteiger partial charge in [0.05, 0.1) is 22.5 Å². The first-order valence-electron chi connectivity index (χ1n) is 9.78. The molecule has 1 N–H and O–H groups in total. The van der Waals surface area contributed by atoms with E-state index in [9.17, 15) is 13.2 Å². The molecule has 158 valence electrons. The number of anilines is 2. The van der Waals surface area contributed by atoms with Gasteiger partial charge in [0.2, 0.25) is 15.9 Å². The fourth-order valence-electron chi connectivity index (χ4n) is 3.05. The smallest absolute Gasteiger partial charge is 0.248 e. The molecule has 8 heteroatoms. The van der Waals surface area contributed by atoms with Crippen LogP contribution in [0.2, 0.25) is 0 Å². The lowest BCUT2D eigenvalue weighted by Crippen LogP contribution is -2.31. The minimum Gasteiger partial charge on any atom is -0.465 e. The van der Waals surface area contributed by atoms with Gasteiger partial charge in [0.25, 0.3) is 0 Å². The Balaban J connectivity index is 2.41. The third-order valence-electron chi connectivity index (χ3n) is 4.62. The number of carbonyl (C=O) groups excluding carboxylic acids is 1. The highest BCUT2D eigenvalue weighted by Crippen LogP contribution is 2.30.